The number of pyridine rings is 1. The number of nitrogens with zero attached hydrogens (tertiary/aromatic N) is 3. The van der Waals surface area contributed by atoms with E-state index in [0.29, 0.717) is 13.0 Å². The Morgan fingerprint density at radius 3 is 3.10 bits per heavy atom. The van der Waals surface area contributed by atoms with E-state index in [1.54, 1.807) is 0 Å². The number of carbonyl (C=O) groups excluding carboxylic acids is 1. The lowest BCUT2D eigenvalue weighted by atomic mass is 10.1. The van der Waals surface area contributed by atoms with Crippen molar-refractivity contribution in [3.8, 4) is 0 Å². The number of amides is 1. The topological polar surface area (TPSA) is 97.6 Å². The summed E-state index contributed by atoms with van der Waals surface area (Å²) in [6.45, 7) is -0.0177. The number of alkyl halides is 1. The van der Waals surface area contributed by atoms with Gasteiger partial charge in [0.2, 0.25) is 6.86 Å². The first-order valence-electron chi connectivity index (χ1n) is 6.46. The van der Waals surface area contributed by atoms with Crippen molar-refractivity contribution >= 4 is 17.5 Å². The van der Waals surface area contributed by atoms with Gasteiger partial charge in [0.1, 0.15) is 11.9 Å². The number of hydrogen-bond acceptors (Lipinski definition) is 6. The number of ether oxygens (including phenoxy) is 1. The molecule has 1 aromatic heterocycles. The number of aromatic nitrogens is 1. The maximum Gasteiger partial charge on any atom is 0.417 e. The summed E-state index contributed by atoms with van der Waals surface area (Å²) < 4.78 is 16.7. The molecule has 1 N–H and O–H groups in total. The fraction of sp³-hybridized carbons (Fsp3) is 0.500. The smallest absolute Gasteiger partial charge is 0.417 e. The predicted molar refractivity (Wildman–Crippen MR) is 71.7 cm³/mol. The van der Waals surface area contributed by atoms with E-state index >= 15 is 0 Å². The summed E-state index contributed by atoms with van der Waals surface area (Å²) in [5.41, 5.74) is -0.263. The zero-order chi connectivity index (χ0) is 15.2. The number of anilines is 1. The molecular weight excluding hydrogens is 283 g/mol. The summed E-state index contributed by atoms with van der Waals surface area (Å²) in [4.78, 5) is 27.3. The van der Waals surface area contributed by atoms with Crippen LogP contribution in [-0.4, -0.2) is 42.0 Å². The number of halogens is 1. The molecule has 2 heterocycles. The third-order valence-electron chi connectivity index (χ3n) is 3.24. The number of piperidine rings is 1. The van der Waals surface area contributed by atoms with Crippen molar-refractivity contribution in [3.63, 3.8) is 0 Å². The number of hydrogen-bond donors (Lipinski definition) is 1. The van der Waals surface area contributed by atoms with Crippen LogP contribution in [0, 0.1) is 10.1 Å². The van der Waals surface area contributed by atoms with E-state index in [1.165, 1.54) is 12.3 Å². The normalized spacial score (nSPS) is 18.0. The van der Waals surface area contributed by atoms with Crippen LogP contribution in [0.15, 0.2) is 18.5 Å². The highest BCUT2D eigenvalue weighted by Gasteiger charge is 2.32. The van der Waals surface area contributed by atoms with Gasteiger partial charge in [0.25, 0.3) is 0 Å². The molecule has 1 aromatic rings. The van der Waals surface area contributed by atoms with E-state index < -0.39 is 17.9 Å². The lowest BCUT2D eigenvalue weighted by Crippen LogP contribution is -2.49. The Bertz CT molecular complexity index is 522. The molecule has 8 nitrogen and oxygen atoms in total. The molecule has 0 radical (unpaired) electrons. The van der Waals surface area contributed by atoms with Crippen molar-refractivity contribution in [1.82, 2.24) is 10.3 Å². The van der Waals surface area contributed by atoms with Crippen LogP contribution in [0.3, 0.4) is 0 Å². The molecule has 21 heavy (non-hydrogen) atoms. The van der Waals surface area contributed by atoms with Crippen LogP contribution in [0.4, 0.5) is 20.6 Å². The molecule has 1 unspecified atom stereocenters. The van der Waals surface area contributed by atoms with E-state index in [1.807, 2.05) is 0 Å². The summed E-state index contributed by atoms with van der Waals surface area (Å²) in [5.74, 6) is 0. The summed E-state index contributed by atoms with van der Waals surface area (Å²) in [7, 11) is 0. The molecule has 1 saturated heterocycles. The van der Waals surface area contributed by atoms with Gasteiger partial charge in [-0.25, -0.2) is 9.18 Å². The van der Waals surface area contributed by atoms with E-state index in [-0.39, 0.29) is 17.4 Å². The van der Waals surface area contributed by atoms with Crippen LogP contribution in [-0.2, 0) is 4.74 Å². The fourth-order valence-corrected chi connectivity index (χ4v) is 2.34. The molecule has 0 spiro atoms. The predicted octanol–water partition coefficient (Wildman–Crippen LogP) is 1.61. The van der Waals surface area contributed by atoms with Crippen LogP contribution in [0.25, 0.3) is 0 Å². The summed E-state index contributed by atoms with van der Waals surface area (Å²) in [6.07, 6.45) is 2.91. The molecule has 0 aromatic carbocycles. The number of nitrogens with one attached hydrogen (secondary N) is 1. The van der Waals surface area contributed by atoms with Gasteiger partial charge >= 0.3 is 11.8 Å². The summed E-state index contributed by atoms with van der Waals surface area (Å²) >= 11 is 0. The molecule has 9 heteroatoms. The van der Waals surface area contributed by atoms with E-state index in [9.17, 15) is 19.3 Å². The van der Waals surface area contributed by atoms with Gasteiger partial charge < -0.3 is 10.1 Å². The number of rotatable bonds is 4. The molecular formula is C12H15FN4O4. The first-order valence-corrected chi connectivity index (χ1v) is 6.46. The van der Waals surface area contributed by atoms with Gasteiger partial charge in [0, 0.05) is 12.7 Å². The minimum atomic E-state index is -1.28. The summed E-state index contributed by atoms with van der Waals surface area (Å²) in [6, 6.07) is 1.02. The van der Waals surface area contributed by atoms with Crippen molar-refractivity contribution in [2.45, 2.75) is 18.9 Å². The second-order valence-electron chi connectivity index (χ2n) is 4.51. The molecule has 1 fully saturated rings. The standard InChI is InChI=1S/C12H15FN4O4/c13-8-21-12(18)16(9-2-1-4-14-6-9)10-3-5-15-7-11(10)17(19)20/h3,5,7,9,14H,1-2,4,6,8H2. The van der Waals surface area contributed by atoms with Crippen LogP contribution < -0.4 is 10.2 Å². The van der Waals surface area contributed by atoms with Crippen molar-refractivity contribution in [1.29, 1.82) is 0 Å². The molecule has 1 atom stereocenters. The number of carbonyl (C=O) groups is 1. The average Bonchev–Trinajstić information content (AvgIpc) is 2.49. The Balaban J connectivity index is 2.38. The third kappa shape index (κ3) is 3.43. The van der Waals surface area contributed by atoms with Crippen LogP contribution in [0.5, 0.6) is 0 Å². The molecule has 1 amide bonds. The Kier molecular flexibility index (Phi) is 4.99. The van der Waals surface area contributed by atoms with Gasteiger partial charge in [0.15, 0.2) is 0 Å². The van der Waals surface area contributed by atoms with E-state index in [4.69, 9.17) is 0 Å². The SMILES string of the molecule is O=C(OCF)N(c1ccncc1[N+](=O)[O-])C1CCCNC1. The second-order valence-corrected chi connectivity index (χ2v) is 4.51. The van der Waals surface area contributed by atoms with Crippen molar-refractivity contribution in [2.24, 2.45) is 0 Å². The minimum Gasteiger partial charge on any atom is -0.417 e. The largest absolute Gasteiger partial charge is 0.417 e. The highest BCUT2D eigenvalue weighted by atomic mass is 19.1. The maximum absolute atomic E-state index is 12.3. The van der Waals surface area contributed by atoms with Gasteiger partial charge in [-0.1, -0.05) is 0 Å². The Hall–Kier alpha value is -2.29. The second kappa shape index (κ2) is 6.93. The highest BCUT2D eigenvalue weighted by Crippen LogP contribution is 2.30. The molecule has 0 aliphatic carbocycles. The molecule has 1 aliphatic rings. The monoisotopic (exact) mass is 298 g/mol. The van der Waals surface area contributed by atoms with Crippen molar-refractivity contribution in [3.05, 3.63) is 28.6 Å². The highest BCUT2D eigenvalue weighted by molar-refractivity contribution is 5.91. The molecule has 114 valence electrons. The molecule has 1 aliphatic heterocycles. The quantitative estimate of drug-likeness (QED) is 0.670. The Labute approximate surface area is 120 Å². The molecule has 2 rings (SSSR count). The van der Waals surface area contributed by atoms with Gasteiger partial charge in [-0.05, 0) is 25.5 Å². The van der Waals surface area contributed by atoms with Crippen LogP contribution >= 0.6 is 0 Å². The summed E-state index contributed by atoms with van der Waals surface area (Å²) in [5, 5.41) is 14.2. The average molecular weight is 298 g/mol. The van der Waals surface area contributed by atoms with E-state index in [2.05, 4.69) is 15.0 Å². The lowest BCUT2D eigenvalue weighted by molar-refractivity contribution is -0.384. The zero-order valence-electron chi connectivity index (χ0n) is 11.2. The van der Waals surface area contributed by atoms with Gasteiger partial charge in [-0.2, -0.15) is 0 Å². The van der Waals surface area contributed by atoms with Crippen molar-refractivity contribution in [2.75, 3.05) is 24.9 Å². The van der Waals surface area contributed by atoms with Gasteiger partial charge in [-0.3, -0.25) is 20.0 Å². The minimum absolute atomic E-state index is 0.0575. The van der Waals surface area contributed by atoms with Crippen LogP contribution in [0.1, 0.15) is 12.8 Å². The van der Waals surface area contributed by atoms with Crippen LogP contribution in [0.2, 0.25) is 0 Å². The molecule has 0 saturated carbocycles. The maximum atomic E-state index is 12.3. The first kappa shape index (κ1) is 15.1. The first-order chi connectivity index (χ1) is 10.1. The third-order valence-corrected chi connectivity index (χ3v) is 3.24. The number of nitro groups is 1. The molecule has 0 bridgehead atoms. The van der Waals surface area contributed by atoms with Crippen molar-refractivity contribution < 1.29 is 18.8 Å². The lowest BCUT2D eigenvalue weighted by Gasteiger charge is -2.33. The Morgan fingerprint density at radius 1 is 1.67 bits per heavy atom. The van der Waals surface area contributed by atoms with E-state index in [0.717, 1.165) is 24.1 Å². The van der Waals surface area contributed by atoms with Gasteiger partial charge in [0.05, 0.1) is 11.0 Å². The Morgan fingerprint density at radius 2 is 2.48 bits per heavy atom. The van der Waals surface area contributed by atoms with Gasteiger partial charge in [-0.15, -0.1) is 0 Å². The fourth-order valence-electron chi connectivity index (χ4n) is 2.34. The zero-order valence-corrected chi connectivity index (χ0v) is 11.2.